The number of hydrogen-bond donors (Lipinski definition) is 1. The number of halogens is 1. The molecule has 0 saturated heterocycles. The SMILES string of the molecule is NC[C@@H]1CCCc2cc(Sc3ccccc3)cc(F)c21. The van der Waals surface area contributed by atoms with Crippen molar-refractivity contribution in [2.24, 2.45) is 5.73 Å². The van der Waals surface area contributed by atoms with Crippen molar-refractivity contribution in [2.45, 2.75) is 35.0 Å². The molecule has 2 aromatic carbocycles. The summed E-state index contributed by atoms with van der Waals surface area (Å²) in [5, 5.41) is 0. The Hall–Kier alpha value is -1.32. The van der Waals surface area contributed by atoms with Crippen molar-refractivity contribution in [2.75, 3.05) is 6.54 Å². The molecule has 0 radical (unpaired) electrons. The summed E-state index contributed by atoms with van der Waals surface area (Å²) in [5.41, 5.74) is 7.78. The van der Waals surface area contributed by atoms with Crippen LogP contribution in [-0.2, 0) is 6.42 Å². The maximum Gasteiger partial charge on any atom is 0.128 e. The Morgan fingerprint density at radius 2 is 1.95 bits per heavy atom. The molecule has 0 bridgehead atoms. The predicted molar refractivity (Wildman–Crippen MR) is 81.7 cm³/mol. The lowest BCUT2D eigenvalue weighted by Crippen LogP contribution is -2.19. The van der Waals surface area contributed by atoms with E-state index < -0.39 is 0 Å². The topological polar surface area (TPSA) is 26.0 Å². The summed E-state index contributed by atoms with van der Waals surface area (Å²) >= 11 is 1.61. The van der Waals surface area contributed by atoms with Gasteiger partial charge in [-0.25, -0.2) is 4.39 Å². The molecule has 0 saturated carbocycles. The molecule has 3 heteroatoms. The Morgan fingerprint density at radius 1 is 1.15 bits per heavy atom. The molecule has 0 spiro atoms. The number of aryl methyl sites for hydroxylation is 1. The van der Waals surface area contributed by atoms with Gasteiger partial charge in [0.1, 0.15) is 5.82 Å². The minimum absolute atomic E-state index is 0.0870. The van der Waals surface area contributed by atoms with Gasteiger partial charge in [0.05, 0.1) is 0 Å². The van der Waals surface area contributed by atoms with Crippen molar-refractivity contribution in [3.63, 3.8) is 0 Å². The lowest BCUT2D eigenvalue weighted by atomic mass is 9.82. The minimum atomic E-state index is -0.0870. The van der Waals surface area contributed by atoms with Gasteiger partial charge in [0.15, 0.2) is 0 Å². The first-order valence-electron chi connectivity index (χ1n) is 7.03. The third-order valence-corrected chi connectivity index (χ3v) is 4.84. The van der Waals surface area contributed by atoms with E-state index in [0.29, 0.717) is 6.54 Å². The third-order valence-electron chi connectivity index (χ3n) is 3.86. The standard InChI is InChI=1S/C17H18FNS/c18-16-10-15(20-14-7-2-1-3-8-14)9-12-5-4-6-13(11-19)17(12)16/h1-3,7-10,13H,4-6,11,19H2/t13-/m0/s1. The minimum Gasteiger partial charge on any atom is -0.330 e. The molecule has 1 atom stereocenters. The molecule has 0 unspecified atom stereocenters. The quantitative estimate of drug-likeness (QED) is 0.908. The zero-order valence-electron chi connectivity index (χ0n) is 11.3. The van der Waals surface area contributed by atoms with Crippen molar-refractivity contribution in [1.29, 1.82) is 0 Å². The summed E-state index contributed by atoms with van der Waals surface area (Å²) in [6.07, 6.45) is 3.07. The van der Waals surface area contributed by atoms with Crippen LogP contribution in [0, 0.1) is 5.82 Å². The molecule has 0 amide bonds. The molecule has 3 rings (SSSR count). The molecule has 20 heavy (non-hydrogen) atoms. The molecule has 0 aliphatic heterocycles. The Kier molecular flexibility index (Phi) is 4.08. The van der Waals surface area contributed by atoms with Gasteiger partial charge < -0.3 is 5.73 Å². The highest BCUT2D eigenvalue weighted by atomic mass is 32.2. The fraction of sp³-hybridized carbons (Fsp3) is 0.294. The van der Waals surface area contributed by atoms with Gasteiger partial charge in [0, 0.05) is 9.79 Å². The Bertz CT molecular complexity index is 597. The van der Waals surface area contributed by atoms with Crippen LogP contribution < -0.4 is 5.73 Å². The number of nitrogens with two attached hydrogens (primary N) is 1. The van der Waals surface area contributed by atoms with Crippen molar-refractivity contribution < 1.29 is 4.39 Å². The lowest BCUT2D eigenvalue weighted by molar-refractivity contribution is 0.510. The molecular formula is C17H18FNS. The first-order chi connectivity index (χ1) is 9.78. The molecule has 2 N–H and O–H groups in total. The van der Waals surface area contributed by atoms with Gasteiger partial charge in [0.2, 0.25) is 0 Å². The highest BCUT2D eigenvalue weighted by molar-refractivity contribution is 7.99. The largest absolute Gasteiger partial charge is 0.330 e. The number of hydrogen-bond acceptors (Lipinski definition) is 2. The van der Waals surface area contributed by atoms with Crippen LogP contribution in [0.5, 0.6) is 0 Å². The van der Waals surface area contributed by atoms with Gasteiger partial charge in [-0.3, -0.25) is 0 Å². The lowest BCUT2D eigenvalue weighted by Gasteiger charge is -2.25. The second-order valence-corrected chi connectivity index (χ2v) is 6.36. The summed E-state index contributed by atoms with van der Waals surface area (Å²) in [7, 11) is 0. The van der Waals surface area contributed by atoms with E-state index in [1.807, 2.05) is 30.3 Å². The summed E-state index contributed by atoms with van der Waals surface area (Å²) < 4.78 is 14.4. The number of benzene rings is 2. The van der Waals surface area contributed by atoms with E-state index in [2.05, 4.69) is 6.07 Å². The smallest absolute Gasteiger partial charge is 0.128 e. The second kappa shape index (κ2) is 5.98. The van der Waals surface area contributed by atoms with Crippen LogP contribution in [0.4, 0.5) is 4.39 Å². The highest BCUT2D eigenvalue weighted by Crippen LogP contribution is 2.37. The van der Waals surface area contributed by atoms with E-state index in [9.17, 15) is 4.39 Å². The van der Waals surface area contributed by atoms with E-state index in [4.69, 9.17) is 5.73 Å². The van der Waals surface area contributed by atoms with Crippen molar-refractivity contribution in [3.8, 4) is 0 Å². The summed E-state index contributed by atoms with van der Waals surface area (Å²) in [5.74, 6) is 0.102. The Morgan fingerprint density at radius 3 is 2.70 bits per heavy atom. The van der Waals surface area contributed by atoms with Gasteiger partial charge in [0.25, 0.3) is 0 Å². The maximum atomic E-state index is 14.4. The van der Waals surface area contributed by atoms with Crippen molar-refractivity contribution >= 4 is 11.8 Å². The summed E-state index contributed by atoms with van der Waals surface area (Å²) in [4.78, 5) is 2.11. The van der Waals surface area contributed by atoms with E-state index in [1.165, 1.54) is 0 Å². The average Bonchev–Trinajstić information content (AvgIpc) is 2.47. The molecule has 104 valence electrons. The highest BCUT2D eigenvalue weighted by Gasteiger charge is 2.23. The van der Waals surface area contributed by atoms with Crippen molar-refractivity contribution in [3.05, 3.63) is 59.4 Å². The molecule has 1 nitrogen and oxygen atoms in total. The van der Waals surface area contributed by atoms with Crippen molar-refractivity contribution in [1.82, 2.24) is 0 Å². The van der Waals surface area contributed by atoms with Gasteiger partial charge in [-0.05, 0) is 67.1 Å². The van der Waals surface area contributed by atoms with Crippen LogP contribution in [0.3, 0.4) is 0 Å². The van der Waals surface area contributed by atoms with Crippen LogP contribution in [0.1, 0.15) is 29.9 Å². The Labute approximate surface area is 123 Å². The van der Waals surface area contributed by atoms with Gasteiger partial charge >= 0.3 is 0 Å². The first-order valence-corrected chi connectivity index (χ1v) is 7.85. The fourth-order valence-electron chi connectivity index (χ4n) is 2.91. The van der Waals surface area contributed by atoms with Crippen LogP contribution in [0.2, 0.25) is 0 Å². The van der Waals surface area contributed by atoms with Crippen LogP contribution in [-0.4, -0.2) is 6.54 Å². The van der Waals surface area contributed by atoms with Crippen LogP contribution in [0.25, 0.3) is 0 Å². The van der Waals surface area contributed by atoms with Gasteiger partial charge in [-0.1, -0.05) is 30.0 Å². The fourth-order valence-corrected chi connectivity index (χ4v) is 3.84. The molecule has 2 aromatic rings. The van der Waals surface area contributed by atoms with E-state index in [1.54, 1.807) is 17.8 Å². The van der Waals surface area contributed by atoms with E-state index >= 15 is 0 Å². The average molecular weight is 287 g/mol. The predicted octanol–water partition coefficient (Wildman–Crippen LogP) is 4.36. The second-order valence-electron chi connectivity index (χ2n) is 5.22. The number of rotatable bonds is 3. The molecule has 1 aliphatic carbocycles. The van der Waals surface area contributed by atoms with E-state index in [0.717, 1.165) is 40.2 Å². The zero-order valence-corrected chi connectivity index (χ0v) is 12.1. The van der Waals surface area contributed by atoms with Crippen LogP contribution in [0.15, 0.2) is 52.3 Å². The first kappa shape index (κ1) is 13.7. The molecule has 0 aromatic heterocycles. The monoisotopic (exact) mass is 287 g/mol. The summed E-state index contributed by atoms with van der Waals surface area (Å²) in [6.45, 7) is 0.537. The molecule has 0 fully saturated rings. The molecule has 0 heterocycles. The van der Waals surface area contributed by atoms with Gasteiger partial charge in [-0.2, -0.15) is 0 Å². The molecule has 1 aliphatic rings. The third kappa shape index (κ3) is 2.74. The Balaban J connectivity index is 1.93. The van der Waals surface area contributed by atoms with E-state index in [-0.39, 0.29) is 11.7 Å². The maximum absolute atomic E-state index is 14.4. The zero-order chi connectivity index (χ0) is 13.9. The normalized spacial score (nSPS) is 17.8. The molecular weight excluding hydrogens is 269 g/mol. The van der Waals surface area contributed by atoms with Gasteiger partial charge in [-0.15, -0.1) is 0 Å². The van der Waals surface area contributed by atoms with Crippen LogP contribution >= 0.6 is 11.8 Å². The number of fused-ring (bicyclic) bond motifs is 1. The summed E-state index contributed by atoms with van der Waals surface area (Å²) in [6, 6.07) is 13.9.